The molecule has 0 fully saturated rings. The number of rotatable bonds is 3. The van der Waals surface area contributed by atoms with Gasteiger partial charge in [-0.25, -0.2) is 9.97 Å². The van der Waals surface area contributed by atoms with Gasteiger partial charge in [0.1, 0.15) is 11.3 Å². The summed E-state index contributed by atoms with van der Waals surface area (Å²) >= 11 is 0. The van der Waals surface area contributed by atoms with Crippen LogP contribution in [0.4, 0.5) is 11.5 Å². The van der Waals surface area contributed by atoms with E-state index in [1.807, 2.05) is 52.0 Å². The molecule has 0 aliphatic rings. The van der Waals surface area contributed by atoms with Crippen molar-refractivity contribution < 1.29 is 4.79 Å². The topological polar surface area (TPSA) is 70.7 Å². The maximum Gasteiger partial charge on any atom is 0.171 e. The molecule has 0 spiro atoms. The quantitative estimate of drug-likeness (QED) is 0.710. The van der Waals surface area contributed by atoms with Crippen molar-refractivity contribution in [2.75, 3.05) is 5.32 Å². The number of anilines is 2. The molecular formula is C18H20N4O. The molecule has 0 atom stereocenters. The fourth-order valence-electron chi connectivity index (χ4n) is 2.31. The van der Waals surface area contributed by atoms with Crippen LogP contribution in [0.25, 0.3) is 11.2 Å². The maximum absolute atomic E-state index is 12.5. The summed E-state index contributed by atoms with van der Waals surface area (Å²) in [5, 5.41) is 3.22. The second-order valence-corrected chi connectivity index (χ2v) is 6.72. The van der Waals surface area contributed by atoms with Gasteiger partial charge in [0.25, 0.3) is 0 Å². The summed E-state index contributed by atoms with van der Waals surface area (Å²) in [6.45, 7) is 7.74. The Kier molecular flexibility index (Phi) is 3.64. The summed E-state index contributed by atoms with van der Waals surface area (Å²) < 4.78 is 0. The van der Waals surface area contributed by atoms with Gasteiger partial charge in [0.05, 0.1) is 11.8 Å². The Bertz CT molecular complexity index is 857. The Balaban J connectivity index is 1.97. The monoisotopic (exact) mass is 308 g/mol. The molecular weight excluding hydrogens is 288 g/mol. The maximum atomic E-state index is 12.5. The molecule has 3 aromatic rings. The summed E-state index contributed by atoms with van der Waals surface area (Å²) in [7, 11) is 0. The standard InChI is InChI=1S/C18H20N4O/c1-11-5-7-12(8-6-11)21-14-10-20-17-15(22-14)13(9-19-17)16(23)18(2,3)4/h5-10H,1-4H3,(H,19,20)(H,21,22). The number of carbonyl (C=O) groups excluding carboxylic acids is 1. The Hall–Kier alpha value is -2.69. The zero-order chi connectivity index (χ0) is 16.6. The third-order valence-electron chi connectivity index (χ3n) is 3.63. The van der Waals surface area contributed by atoms with Crippen LogP contribution in [-0.4, -0.2) is 20.7 Å². The van der Waals surface area contributed by atoms with Gasteiger partial charge < -0.3 is 10.3 Å². The molecule has 2 heterocycles. The second-order valence-electron chi connectivity index (χ2n) is 6.72. The number of carbonyl (C=O) groups is 1. The van der Waals surface area contributed by atoms with Crippen LogP contribution < -0.4 is 5.32 Å². The van der Waals surface area contributed by atoms with E-state index in [2.05, 4.69) is 20.3 Å². The summed E-state index contributed by atoms with van der Waals surface area (Å²) in [6.07, 6.45) is 3.35. The predicted molar refractivity (Wildman–Crippen MR) is 92.1 cm³/mol. The Morgan fingerprint density at radius 2 is 1.87 bits per heavy atom. The molecule has 0 aliphatic carbocycles. The lowest BCUT2D eigenvalue weighted by molar-refractivity contribution is 0.0860. The minimum atomic E-state index is -0.461. The van der Waals surface area contributed by atoms with E-state index in [9.17, 15) is 4.79 Å². The molecule has 0 aliphatic heterocycles. The average molecular weight is 308 g/mol. The number of hydrogen-bond acceptors (Lipinski definition) is 4. The van der Waals surface area contributed by atoms with E-state index in [-0.39, 0.29) is 5.78 Å². The highest BCUT2D eigenvalue weighted by Crippen LogP contribution is 2.26. The van der Waals surface area contributed by atoms with Crippen LogP contribution in [0.1, 0.15) is 36.7 Å². The molecule has 3 rings (SSSR count). The first kappa shape index (κ1) is 15.2. The number of aromatic nitrogens is 3. The molecule has 0 radical (unpaired) electrons. The summed E-state index contributed by atoms with van der Waals surface area (Å²) in [6, 6.07) is 8.03. The Morgan fingerprint density at radius 3 is 2.52 bits per heavy atom. The van der Waals surface area contributed by atoms with Gasteiger partial charge in [-0.15, -0.1) is 0 Å². The fraction of sp³-hybridized carbons (Fsp3) is 0.278. The third kappa shape index (κ3) is 3.08. The van der Waals surface area contributed by atoms with Crippen LogP contribution in [-0.2, 0) is 0 Å². The minimum Gasteiger partial charge on any atom is -0.344 e. The molecule has 0 bridgehead atoms. The number of fused-ring (bicyclic) bond motifs is 1. The second kappa shape index (κ2) is 5.50. The van der Waals surface area contributed by atoms with Crippen molar-refractivity contribution in [1.82, 2.24) is 15.0 Å². The highest BCUT2D eigenvalue weighted by Gasteiger charge is 2.26. The summed E-state index contributed by atoms with van der Waals surface area (Å²) in [4.78, 5) is 24.5. The lowest BCUT2D eigenvalue weighted by atomic mass is 9.87. The summed E-state index contributed by atoms with van der Waals surface area (Å²) in [5.41, 5.74) is 3.46. The molecule has 2 aromatic heterocycles. The van der Waals surface area contributed by atoms with Gasteiger partial charge in [0.15, 0.2) is 11.4 Å². The third-order valence-corrected chi connectivity index (χ3v) is 3.63. The number of aromatic amines is 1. The van der Waals surface area contributed by atoms with Crippen molar-refractivity contribution >= 4 is 28.5 Å². The number of nitrogens with zero attached hydrogens (tertiary/aromatic N) is 2. The lowest BCUT2D eigenvalue weighted by Gasteiger charge is -2.15. The molecule has 5 nitrogen and oxygen atoms in total. The van der Waals surface area contributed by atoms with E-state index in [0.717, 1.165) is 5.69 Å². The molecule has 23 heavy (non-hydrogen) atoms. The zero-order valence-electron chi connectivity index (χ0n) is 13.8. The fourth-order valence-corrected chi connectivity index (χ4v) is 2.31. The van der Waals surface area contributed by atoms with Crippen LogP contribution in [0.2, 0.25) is 0 Å². The van der Waals surface area contributed by atoms with Crippen molar-refractivity contribution in [3.63, 3.8) is 0 Å². The number of ketones is 1. The normalized spacial score (nSPS) is 11.7. The molecule has 0 saturated heterocycles. The number of hydrogen-bond donors (Lipinski definition) is 2. The number of Topliss-reactive ketones (excluding diaryl/α,β-unsaturated/α-hetero) is 1. The van der Waals surface area contributed by atoms with E-state index < -0.39 is 5.41 Å². The van der Waals surface area contributed by atoms with Crippen LogP contribution >= 0.6 is 0 Å². The first-order valence-corrected chi connectivity index (χ1v) is 7.57. The highest BCUT2D eigenvalue weighted by atomic mass is 16.1. The van der Waals surface area contributed by atoms with Gasteiger partial charge >= 0.3 is 0 Å². The van der Waals surface area contributed by atoms with Crippen LogP contribution in [0, 0.1) is 12.3 Å². The van der Waals surface area contributed by atoms with Gasteiger partial charge in [-0.1, -0.05) is 38.5 Å². The molecule has 118 valence electrons. The SMILES string of the molecule is Cc1ccc(Nc2cnc3[nH]cc(C(=O)C(C)(C)C)c3n2)cc1. The van der Waals surface area contributed by atoms with Gasteiger partial charge in [0.2, 0.25) is 0 Å². The first-order chi connectivity index (χ1) is 10.8. The molecule has 0 unspecified atom stereocenters. The summed E-state index contributed by atoms with van der Waals surface area (Å²) in [5.74, 6) is 0.662. The molecule has 1 aromatic carbocycles. The van der Waals surface area contributed by atoms with E-state index in [0.29, 0.717) is 22.5 Å². The predicted octanol–water partition coefficient (Wildman–Crippen LogP) is 4.24. The molecule has 2 N–H and O–H groups in total. The van der Waals surface area contributed by atoms with Crippen LogP contribution in [0.3, 0.4) is 0 Å². The van der Waals surface area contributed by atoms with Crippen molar-refractivity contribution in [2.24, 2.45) is 5.41 Å². The van der Waals surface area contributed by atoms with Crippen LogP contribution in [0.5, 0.6) is 0 Å². The number of H-pyrrole nitrogens is 1. The van der Waals surface area contributed by atoms with Gasteiger partial charge in [-0.2, -0.15) is 0 Å². The molecule has 0 amide bonds. The number of benzene rings is 1. The number of aryl methyl sites for hydroxylation is 1. The molecule has 5 heteroatoms. The zero-order valence-corrected chi connectivity index (χ0v) is 13.8. The Morgan fingerprint density at radius 1 is 1.17 bits per heavy atom. The van der Waals surface area contributed by atoms with E-state index in [4.69, 9.17) is 0 Å². The van der Waals surface area contributed by atoms with Crippen molar-refractivity contribution in [1.29, 1.82) is 0 Å². The van der Waals surface area contributed by atoms with E-state index in [1.54, 1.807) is 12.4 Å². The lowest BCUT2D eigenvalue weighted by Crippen LogP contribution is -2.20. The van der Waals surface area contributed by atoms with E-state index >= 15 is 0 Å². The highest BCUT2D eigenvalue weighted by molar-refractivity contribution is 6.08. The van der Waals surface area contributed by atoms with Gasteiger partial charge in [0, 0.05) is 17.3 Å². The van der Waals surface area contributed by atoms with Gasteiger partial charge in [-0.3, -0.25) is 4.79 Å². The van der Waals surface area contributed by atoms with Crippen molar-refractivity contribution in [3.8, 4) is 0 Å². The number of nitrogens with one attached hydrogen (secondary N) is 2. The Labute approximate surface area is 135 Å². The van der Waals surface area contributed by atoms with E-state index in [1.165, 1.54) is 5.56 Å². The molecule has 0 saturated carbocycles. The van der Waals surface area contributed by atoms with Crippen LogP contribution in [0.15, 0.2) is 36.7 Å². The van der Waals surface area contributed by atoms with Crippen molar-refractivity contribution in [2.45, 2.75) is 27.7 Å². The largest absolute Gasteiger partial charge is 0.344 e. The van der Waals surface area contributed by atoms with Crippen molar-refractivity contribution in [3.05, 3.63) is 47.8 Å². The van der Waals surface area contributed by atoms with Gasteiger partial charge in [-0.05, 0) is 19.1 Å². The average Bonchev–Trinajstić information content (AvgIpc) is 2.91. The smallest absolute Gasteiger partial charge is 0.171 e. The first-order valence-electron chi connectivity index (χ1n) is 7.57. The minimum absolute atomic E-state index is 0.0468.